The molecular formula is C23H22N6O2. The van der Waals surface area contributed by atoms with Gasteiger partial charge in [0.05, 0.1) is 35.5 Å². The van der Waals surface area contributed by atoms with Gasteiger partial charge in [-0.15, -0.1) is 0 Å². The predicted molar refractivity (Wildman–Crippen MR) is 115 cm³/mol. The third-order valence-electron chi connectivity index (χ3n) is 5.55. The van der Waals surface area contributed by atoms with Gasteiger partial charge in [-0.3, -0.25) is 14.5 Å². The largest absolute Gasteiger partial charge is 0.386 e. The molecule has 0 bridgehead atoms. The van der Waals surface area contributed by atoms with Crippen molar-refractivity contribution in [1.82, 2.24) is 29.6 Å². The number of rotatable bonds is 4. The second-order valence-electron chi connectivity index (χ2n) is 8.33. The van der Waals surface area contributed by atoms with Crippen molar-refractivity contribution in [3.8, 4) is 11.1 Å². The van der Waals surface area contributed by atoms with E-state index in [2.05, 4.69) is 20.1 Å². The van der Waals surface area contributed by atoms with E-state index in [4.69, 9.17) is 0 Å². The SMILES string of the molecule is Cn1cc2c(-c3cnc(CN4Cc5ncccc5C4=O)nc3)ccc(C(C)(C)O)c2n1. The zero-order chi connectivity index (χ0) is 21.8. The maximum atomic E-state index is 12.6. The number of carbonyl (C=O) groups is 1. The summed E-state index contributed by atoms with van der Waals surface area (Å²) in [6.45, 7) is 4.30. The number of hydrogen-bond donors (Lipinski definition) is 1. The van der Waals surface area contributed by atoms with Crippen LogP contribution in [0.1, 0.15) is 41.3 Å². The minimum absolute atomic E-state index is 0.0462. The number of benzene rings is 1. The molecule has 0 fully saturated rings. The highest BCUT2D eigenvalue weighted by Crippen LogP contribution is 2.34. The topological polar surface area (TPSA) is 97.0 Å². The summed E-state index contributed by atoms with van der Waals surface area (Å²) in [7, 11) is 1.86. The number of nitrogens with zero attached hydrogens (tertiary/aromatic N) is 6. The molecule has 0 aliphatic carbocycles. The van der Waals surface area contributed by atoms with Gasteiger partial charge in [-0.25, -0.2) is 9.97 Å². The highest BCUT2D eigenvalue weighted by atomic mass is 16.3. The van der Waals surface area contributed by atoms with E-state index < -0.39 is 5.60 Å². The van der Waals surface area contributed by atoms with Gasteiger partial charge >= 0.3 is 0 Å². The molecule has 8 nitrogen and oxygen atoms in total. The van der Waals surface area contributed by atoms with Crippen molar-refractivity contribution < 1.29 is 9.90 Å². The Morgan fingerprint density at radius 3 is 2.58 bits per heavy atom. The summed E-state index contributed by atoms with van der Waals surface area (Å²) in [6.07, 6.45) is 7.16. The molecule has 1 aromatic carbocycles. The van der Waals surface area contributed by atoms with Crippen LogP contribution in [0, 0.1) is 0 Å². The highest BCUT2D eigenvalue weighted by Gasteiger charge is 2.28. The zero-order valence-corrected chi connectivity index (χ0v) is 17.6. The molecule has 1 N–H and O–H groups in total. The molecule has 4 heterocycles. The van der Waals surface area contributed by atoms with Crippen LogP contribution in [0.15, 0.2) is 49.1 Å². The first-order valence-corrected chi connectivity index (χ1v) is 10.0. The minimum atomic E-state index is -1.000. The first kappa shape index (κ1) is 19.3. The molecule has 0 atom stereocenters. The average Bonchev–Trinajstić information content (AvgIpc) is 3.27. The quantitative estimate of drug-likeness (QED) is 0.552. The summed E-state index contributed by atoms with van der Waals surface area (Å²) in [5, 5.41) is 16.0. The summed E-state index contributed by atoms with van der Waals surface area (Å²) in [6, 6.07) is 7.42. The van der Waals surface area contributed by atoms with Crippen molar-refractivity contribution in [2.45, 2.75) is 32.5 Å². The smallest absolute Gasteiger partial charge is 0.256 e. The summed E-state index contributed by atoms with van der Waals surface area (Å²) in [5.74, 6) is 0.524. The Morgan fingerprint density at radius 2 is 1.87 bits per heavy atom. The number of carbonyl (C=O) groups excluding carboxylic acids is 1. The van der Waals surface area contributed by atoms with E-state index in [0.717, 1.165) is 33.3 Å². The number of pyridine rings is 1. The lowest BCUT2D eigenvalue weighted by molar-refractivity contribution is 0.0761. The number of fused-ring (bicyclic) bond motifs is 2. The van der Waals surface area contributed by atoms with E-state index in [-0.39, 0.29) is 5.91 Å². The van der Waals surface area contributed by atoms with Crippen molar-refractivity contribution in [2.24, 2.45) is 7.05 Å². The van der Waals surface area contributed by atoms with Gasteiger partial charge in [-0.2, -0.15) is 5.10 Å². The van der Waals surface area contributed by atoms with Crippen LogP contribution >= 0.6 is 0 Å². The molecule has 1 aliphatic heterocycles. The van der Waals surface area contributed by atoms with Crippen LogP contribution in [0.4, 0.5) is 0 Å². The van der Waals surface area contributed by atoms with Gasteiger partial charge in [-0.05, 0) is 31.5 Å². The molecule has 8 heteroatoms. The van der Waals surface area contributed by atoms with E-state index in [0.29, 0.717) is 24.5 Å². The number of aliphatic hydroxyl groups is 1. The Balaban J connectivity index is 1.44. The fourth-order valence-corrected chi connectivity index (χ4v) is 4.02. The molecule has 0 saturated carbocycles. The van der Waals surface area contributed by atoms with Crippen molar-refractivity contribution >= 4 is 16.8 Å². The van der Waals surface area contributed by atoms with Gasteiger partial charge in [0.25, 0.3) is 5.91 Å². The molecule has 0 unspecified atom stereocenters. The van der Waals surface area contributed by atoms with E-state index in [1.165, 1.54) is 0 Å². The van der Waals surface area contributed by atoms with Crippen LogP contribution < -0.4 is 0 Å². The molecule has 3 aromatic heterocycles. The van der Waals surface area contributed by atoms with Crippen LogP contribution in [0.2, 0.25) is 0 Å². The number of aryl methyl sites for hydroxylation is 1. The maximum Gasteiger partial charge on any atom is 0.256 e. The Labute approximate surface area is 179 Å². The molecule has 0 spiro atoms. The van der Waals surface area contributed by atoms with Crippen molar-refractivity contribution in [1.29, 1.82) is 0 Å². The maximum absolute atomic E-state index is 12.6. The molecule has 0 radical (unpaired) electrons. The third-order valence-corrected chi connectivity index (χ3v) is 5.55. The first-order valence-electron chi connectivity index (χ1n) is 10.0. The van der Waals surface area contributed by atoms with Crippen LogP contribution in [-0.2, 0) is 25.7 Å². The van der Waals surface area contributed by atoms with Crippen LogP contribution in [0.25, 0.3) is 22.0 Å². The van der Waals surface area contributed by atoms with Crippen LogP contribution in [-0.4, -0.2) is 40.6 Å². The number of hydrogen-bond acceptors (Lipinski definition) is 6. The van der Waals surface area contributed by atoms with Gasteiger partial charge in [0.15, 0.2) is 0 Å². The van der Waals surface area contributed by atoms with Crippen molar-refractivity contribution in [2.75, 3.05) is 0 Å². The lowest BCUT2D eigenvalue weighted by atomic mass is 9.93. The van der Waals surface area contributed by atoms with Crippen LogP contribution in [0.5, 0.6) is 0 Å². The fourth-order valence-electron chi connectivity index (χ4n) is 4.02. The second kappa shape index (κ2) is 6.95. The van der Waals surface area contributed by atoms with Gasteiger partial charge in [0, 0.05) is 48.3 Å². The number of aromatic nitrogens is 5. The van der Waals surface area contributed by atoms with Gasteiger partial charge in [0.2, 0.25) is 0 Å². The molecular weight excluding hydrogens is 392 g/mol. The van der Waals surface area contributed by atoms with Gasteiger partial charge < -0.3 is 10.0 Å². The fraction of sp³-hybridized carbons (Fsp3) is 0.261. The first-order chi connectivity index (χ1) is 14.8. The van der Waals surface area contributed by atoms with Crippen molar-refractivity contribution in [3.05, 3.63) is 71.7 Å². The van der Waals surface area contributed by atoms with E-state index in [1.54, 1.807) is 54.2 Å². The van der Waals surface area contributed by atoms with Crippen LogP contribution in [0.3, 0.4) is 0 Å². The monoisotopic (exact) mass is 414 g/mol. The van der Waals surface area contributed by atoms with Gasteiger partial charge in [0.1, 0.15) is 5.82 Å². The molecule has 31 heavy (non-hydrogen) atoms. The standard InChI is InChI=1S/C23H22N6O2/c1-23(2,31)18-7-6-15(17-11-28(3)27-21(17)18)14-9-25-20(26-10-14)13-29-12-19-16(22(29)30)5-4-8-24-19/h4-11,31H,12-13H2,1-3H3. The van der Waals surface area contributed by atoms with E-state index in [9.17, 15) is 9.90 Å². The molecule has 156 valence electrons. The molecule has 4 aromatic rings. The highest BCUT2D eigenvalue weighted by molar-refractivity contribution is 5.98. The molecule has 1 amide bonds. The average molecular weight is 414 g/mol. The Kier molecular flexibility index (Phi) is 4.33. The van der Waals surface area contributed by atoms with E-state index >= 15 is 0 Å². The second-order valence-corrected chi connectivity index (χ2v) is 8.33. The van der Waals surface area contributed by atoms with E-state index in [1.807, 2.05) is 25.4 Å². The summed E-state index contributed by atoms with van der Waals surface area (Å²) in [4.78, 5) is 27.5. The summed E-state index contributed by atoms with van der Waals surface area (Å²) in [5.41, 5.74) is 3.74. The van der Waals surface area contributed by atoms with Gasteiger partial charge in [-0.1, -0.05) is 12.1 Å². The predicted octanol–water partition coefficient (Wildman–Crippen LogP) is 2.81. The molecule has 0 saturated heterocycles. The lowest BCUT2D eigenvalue weighted by Crippen LogP contribution is -2.24. The zero-order valence-electron chi connectivity index (χ0n) is 17.6. The Morgan fingerprint density at radius 1 is 1.10 bits per heavy atom. The summed E-state index contributed by atoms with van der Waals surface area (Å²) < 4.78 is 1.74. The number of amides is 1. The molecule has 1 aliphatic rings. The lowest BCUT2D eigenvalue weighted by Gasteiger charge is -2.19. The Hall–Kier alpha value is -3.65. The normalized spacial score (nSPS) is 13.8. The molecule has 5 rings (SSSR count). The third kappa shape index (κ3) is 3.34. The van der Waals surface area contributed by atoms with Crippen molar-refractivity contribution in [3.63, 3.8) is 0 Å². The minimum Gasteiger partial charge on any atom is -0.386 e. The summed E-state index contributed by atoms with van der Waals surface area (Å²) >= 11 is 0. The Bertz CT molecular complexity index is 1300.